The maximum atomic E-state index is 9.92. The number of phenolic OH excluding ortho intramolecular Hbond substituents is 2. The van der Waals surface area contributed by atoms with Crippen LogP contribution in [-0.4, -0.2) is 40.4 Å². The van der Waals surface area contributed by atoms with Crippen LogP contribution in [0.15, 0.2) is 18.2 Å². The molecule has 2 heterocycles. The lowest BCUT2D eigenvalue weighted by Gasteiger charge is -2.36. The third-order valence-corrected chi connectivity index (χ3v) is 4.10. The van der Waals surface area contributed by atoms with Gasteiger partial charge < -0.3 is 14.9 Å². The molecule has 4 nitrogen and oxygen atoms in total. The fraction of sp³-hybridized carbons (Fsp3) is 0.571. The fourth-order valence-electron chi connectivity index (χ4n) is 3.11. The topological polar surface area (TPSA) is 52.9 Å². The van der Waals surface area contributed by atoms with Gasteiger partial charge in [-0.15, -0.1) is 0 Å². The molecule has 0 spiro atoms. The minimum Gasteiger partial charge on any atom is -0.507 e. The van der Waals surface area contributed by atoms with Crippen molar-refractivity contribution in [3.8, 4) is 11.5 Å². The summed E-state index contributed by atoms with van der Waals surface area (Å²) in [5.74, 6) is 0.336. The summed E-state index contributed by atoms with van der Waals surface area (Å²) in [6.45, 7) is 3.79. The Bertz CT molecular complexity index is 416. The first-order chi connectivity index (χ1) is 8.65. The monoisotopic (exact) mass is 249 g/mol. The van der Waals surface area contributed by atoms with Crippen LogP contribution in [0.4, 0.5) is 0 Å². The molecule has 3 atom stereocenters. The van der Waals surface area contributed by atoms with Crippen molar-refractivity contribution in [2.24, 2.45) is 0 Å². The number of hydrogen-bond donors (Lipinski definition) is 2. The molecule has 1 aromatic rings. The standard InChI is InChI=1S/C14H19NO3/c1-9(14-12(16)3-2-4-13(14)17)15-7-10-5-6-11(8-15)18-10/h2-4,9-11,16-17H,5-8H2,1H3. The van der Waals surface area contributed by atoms with Crippen LogP contribution in [-0.2, 0) is 4.74 Å². The van der Waals surface area contributed by atoms with E-state index in [1.165, 1.54) is 0 Å². The summed E-state index contributed by atoms with van der Waals surface area (Å²) in [5, 5.41) is 19.8. The van der Waals surface area contributed by atoms with E-state index in [4.69, 9.17) is 4.74 Å². The molecule has 2 aliphatic rings. The smallest absolute Gasteiger partial charge is 0.124 e. The molecular formula is C14H19NO3. The first-order valence-electron chi connectivity index (χ1n) is 6.55. The van der Waals surface area contributed by atoms with Crippen molar-refractivity contribution in [2.75, 3.05) is 13.1 Å². The zero-order valence-electron chi connectivity index (χ0n) is 10.5. The first-order valence-corrected chi connectivity index (χ1v) is 6.55. The quantitative estimate of drug-likeness (QED) is 0.842. The van der Waals surface area contributed by atoms with Gasteiger partial charge in [0.25, 0.3) is 0 Å². The molecule has 2 saturated heterocycles. The van der Waals surface area contributed by atoms with Crippen LogP contribution in [0.1, 0.15) is 31.4 Å². The lowest BCUT2D eigenvalue weighted by atomic mass is 10.0. The van der Waals surface area contributed by atoms with Gasteiger partial charge >= 0.3 is 0 Å². The molecule has 18 heavy (non-hydrogen) atoms. The van der Waals surface area contributed by atoms with Crippen molar-refractivity contribution in [1.82, 2.24) is 4.90 Å². The second-order valence-corrected chi connectivity index (χ2v) is 5.30. The van der Waals surface area contributed by atoms with Gasteiger partial charge in [0.2, 0.25) is 0 Å². The average molecular weight is 249 g/mol. The number of benzene rings is 1. The van der Waals surface area contributed by atoms with Gasteiger partial charge in [-0.2, -0.15) is 0 Å². The number of rotatable bonds is 2. The van der Waals surface area contributed by atoms with Gasteiger partial charge in [0.1, 0.15) is 11.5 Å². The van der Waals surface area contributed by atoms with Gasteiger partial charge in [-0.3, -0.25) is 4.90 Å². The van der Waals surface area contributed by atoms with Crippen LogP contribution in [0, 0.1) is 0 Å². The summed E-state index contributed by atoms with van der Waals surface area (Å²) < 4.78 is 5.81. The number of hydrogen-bond acceptors (Lipinski definition) is 4. The van der Waals surface area contributed by atoms with Crippen molar-refractivity contribution < 1.29 is 14.9 Å². The van der Waals surface area contributed by atoms with Crippen molar-refractivity contribution in [3.63, 3.8) is 0 Å². The Morgan fingerprint density at radius 1 is 1.17 bits per heavy atom. The van der Waals surface area contributed by atoms with Gasteiger partial charge in [0.15, 0.2) is 0 Å². The number of morpholine rings is 1. The number of nitrogens with zero attached hydrogens (tertiary/aromatic N) is 1. The maximum Gasteiger partial charge on any atom is 0.124 e. The Kier molecular flexibility index (Phi) is 2.92. The van der Waals surface area contributed by atoms with Crippen LogP contribution in [0.5, 0.6) is 11.5 Å². The van der Waals surface area contributed by atoms with E-state index in [0.717, 1.165) is 25.9 Å². The van der Waals surface area contributed by atoms with Crippen molar-refractivity contribution in [2.45, 2.75) is 38.0 Å². The Morgan fingerprint density at radius 2 is 1.72 bits per heavy atom. The summed E-state index contributed by atoms with van der Waals surface area (Å²) in [4.78, 5) is 2.29. The third-order valence-electron chi connectivity index (χ3n) is 4.10. The summed E-state index contributed by atoms with van der Waals surface area (Å²) in [6, 6.07) is 4.92. The van der Waals surface area contributed by atoms with Crippen LogP contribution < -0.4 is 0 Å². The summed E-state index contributed by atoms with van der Waals surface area (Å²) in [6.07, 6.45) is 2.89. The van der Waals surface area contributed by atoms with Gasteiger partial charge in [0, 0.05) is 19.1 Å². The molecule has 2 aliphatic heterocycles. The second-order valence-electron chi connectivity index (χ2n) is 5.30. The molecule has 2 bridgehead atoms. The molecule has 0 saturated carbocycles. The number of likely N-dealkylation sites (tertiary alicyclic amines) is 1. The molecule has 2 N–H and O–H groups in total. The first kappa shape index (κ1) is 11.8. The number of fused-ring (bicyclic) bond motifs is 2. The minimum absolute atomic E-state index is 0.0122. The highest BCUT2D eigenvalue weighted by Gasteiger charge is 2.36. The molecule has 3 unspecified atom stereocenters. The lowest BCUT2D eigenvalue weighted by Crippen LogP contribution is -2.43. The maximum absolute atomic E-state index is 9.92. The van der Waals surface area contributed by atoms with Crippen LogP contribution >= 0.6 is 0 Å². The Hall–Kier alpha value is -1.26. The zero-order chi connectivity index (χ0) is 12.7. The molecule has 0 amide bonds. The number of ether oxygens (including phenoxy) is 1. The van der Waals surface area contributed by atoms with Gasteiger partial charge in [0.05, 0.1) is 17.8 Å². The van der Waals surface area contributed by atoms with Crippen molar-refractivity contribution >= 4 is 0 Å². The summed E-state index contributed by atoms with van der Waals surface area (Å²) in [5.41, 5.74) is 0.624. The van der Waals surface area contributed by atoms with E-state index >= 15 is 0 Å². The number of phenols is 2. The highest BCUT2D eigenvalue weighted by molar-refractivity contribution is 5.45. The molecule has 3 rings (SSSR count). The average Bonchev–Trinajstić information content (AvgIpc) is 2.68. The molecule has 2 fully saturated rings. The summed E-state index contributed by atoms with van der Waals surface area (Å²) >= 11 is 0. The fourth-order valence-corrected chi connectivity index (χ4v) is 3.11. The van der Waals surface area contributed by atoms with Crippen molar-refractivity contribution in [3.05, 3.63) is 23.8 Å². The van der Waals surface area contributed by atoms with E-state index in [2.05, 4.69) is 4.90 Å². The SMILES string of the molecule is CC(c1c(O)cccc1O)N1CC2CCC(C1)O2. The predicted octanol–water partition coefficient (Wildman–Crippen LogP) is 2.02. The zero-order valence-corrected chi connectivity index (χ0v) is 10.5. The lowest BCUT2D eigenvalue weighted by molar-refractivity contribution is -0.0513. The molecule has 0 radical (unpaired) electrons. The molecule has 1 aromatic carbocycles. The van der Waals surface area contributed by atoms with Crippen LogP contribution in [0.3, 0.4) is 0 Å². The van der Waals surface area contributed by atoms with E-state index in [-0.39, 0.29) is 17.5 Å². The van der Waals surface area contributed by atoms with Crippen LogP contribution in [0.25, 0.3) is 0 Å². The van der Waals surface area contributed by atoms with E-state index < -0.39 is 0 Å². The van der Waals surface area contributed by atoms with Crippen LogP contribution in [0.2, 0.25) is 0 Å². The Labute approximate surface area is 107 Å². The molecule has 4 heteroatoms. The molecule has 0 aliphatic carbocycles. The molecular weight excluding hydrogens is 230 g/mol. The molecule has 98 valence electrons. The predicted molar refractivity (Wildman–Crippen MR) is 67.7 cm³/mol. The largest absolute Gasteiger partial charge is 0.507 e. The third kappa shape index (κ3) is 1.95. The normalized spacial score (nSPS) is 29.4. The highest BCUT2D eigenvalue weighted by Crippen LogP contribution is 2.38. The van der Waals surface area contributed by atoms with Gasteiger partial charge in [-0.05, 0) is 31.9 Å². The van der Waals surface area contributed by atoms with E-state index in [1.54, 1.807) is 18.2 Å². The number of aromatic hydroxyl groups is 2. The van der Waals surface area contributed by atoms with E-state index in [1.807, 2.05) is 6.92 Å². The van der Waals surface area contributed by atoms with Gasteiger partial charge in [-0.1, -0.05) is 6.07 Å². The Balaban J connectivity index is 1.84. The van der Waals surface area contributed by atoms with E-state index in [9.17, 15) is 10.2 Å². The highest BCUT2D eigenvalue weighted by atomic mass is 16.5. The van der Waals surface area contributed by atoms with Gasteiger partial charge in [-0.25, -0.2) is 0 Å². The van der Waals surface area contributed by atoms with E-state index in [0.29, 0.717) is 17.8 Å². The summed E-state index contributed by atoms with van der Waals surface area (Å²) in [7, 11) is 0. The molecule has 0 aromatic heterocycles. The Morgan fingerprint density at radius 3 is 2.28 bits per heavy atom. The van der Waals surface area contributed by atoms with Crippen molar-refractivity contribution in [1.29, 1.82) is 0 Å². The minimum atomic E-state index is 0.0122. The second kappa shape index (κ2) is 4.44.